The van der Waals surface area contributed by atoms with Crippen molar-refractivity contribution in [3.63, 3.8) is 0 Å². The van der Waals surface area contributed by atoms with Crippen molar-refractivity contribution in [2.75, 3.05) is 19.8 Å². The Hall–Kier alpha value is -1.26. The molecule has 1 aromatic rings. The van der Waals surface area contributed by atoms with Crippen molar-refractivity contribution >= 4 is 0 Å². The van der Waals surface area contributed by atoms with Gasteiger partial charge in [0.25, 0.3) is 0 Å². The van der Waals surface area contributed by atoms with Crippen LogP contribution in [-0.2, 0) is 0 Å². The molecule has 0 aliphatic heterocycles. The van der Waals surface area contributed by atoms with Gasteiger partial charge in [-0.1, -0.05) is 32.9 Å². The Balaban J connectivity index is 2.44. The van der Waals surface area contributed by atoms with Crippen LogP contribution in [0.25, 0.3) is 0 Å². The van der Waals surface area contributed by atoms with E-state index in [1.54, 1.807) is 0 Å². The molecule has 114 valence electrons. The third-order valence-electron chi connectivity index (χ3n) is 2.82. The van der Waals surface area contributed by atoms with E-state index >= 15 is 0 Å². The van der Waals surface area contributed by atoms with Gasteiger partial charge in [-0.05, 0) is 25.0 Å². The van der Waals surface area contributed by atoms with E-state index in [0.29, 0.717) is 19.3 Å². The van der Waals surface area contributed by atoms with Gasteiger partial charge < -0.3 is 19.9 Å². The van der Waals surface area contributed by atoms with Crippen molar-refractivity contribution in [1.29, 1.82) is 0 Å². The van der Waals surface area contributed by atoms with E-state index in [0.717, 1.165) is 24.3 Å². The molecule has 0 aliphatic rings. The van der Waals surface area contributed by atoms with Crippen molar-refractivity contribution in [2.24, 2.45) is 0 Å². The van der Waals surface area contributed by atoms with E-state index in [2.05, 4.69) is 26.1 Å². The molecule has 0 spiro atoms. The first-order valence-corrected chi connectivity index (χ1v) is 7.38. The molecule has 1 rings (SSSR count). The highest BCUT2D eigenvalue weighted by Gasteiger charge is 2.10. The second-order valence-corrected chi connectivity index (χ2v) is 5.13. The van der Waals surface area contributed by atoms with Crippen LogP contribution in [0.4, 0.5) is 0 Å². The molecule has 1 unspecified atom stereocenters. The number of aliphatic hydroxyl groups excluding tert-OH is 1. The SMILES string of the molecule is CCCOc1ccccc1OCCC(CO)NC(C)C. The van der Waals surface area contributed by atoms with Gasteiger partial charge in [-0.2, -0.15) is 0 Å². The largest absolute Gasteiger partial charge is 0.490 e. The summed E-state index contributed by atoms with van der Waals surface area (Å²) in [7, 11) is 0. The van der Waals surface area contributed by atoms with Gasteiger partial charge in [-0.3, -0.25) is 0 Å². The van der Waals surface area contributed by atoms with Crippen molar-refractivity contribution in [1.82, 2.24) is 5.32 Å². The molecular formula is C16H27NO3. The number of benzene rings is 1. The van der Waals surface area contributed by atoms with Gasteiger partial charge in [0.2, 0.25) is 0 Å². The summed E-state index contributed by atoms with van der Waals surface area (Å²) in [4.78, 5) is 0. The maximum absolute atomic E-state index is 9.30. The number of hydrogen-bond acceptors (Lipinski definition) is 4. The van der Waals surface area contributed by atoms with Crippen LogP contribution in [0.3, 0.4) is 0 Å². The minimum absolute atomic E-state index is 0.0683. The average Bonchev–Trinajstić information content (AvgIpc) is 2.44. The van der Waals surface area contributed by atoms with Gasteiger partial charge >= 0.3 is 0 Å². The van der Waals surface area contributed by atoms with Crippen LogP contribution >= 0.6 is 0 Å². The molecule has 4 nitrogen and oxygen atoms in total. The van der Waals surface area contributed by atoms with Crippen molar-refractivity contribution in [3.05, 3.63) is 24.3 Å². The van der Waals surface area contributed by atoms with Crippen LogP contribution in [0.15, 0.2) is 24.3 Å². The molecule has 0 aliphatic carbocycles. The molecule has 0 fully saturated rings. The molecular weight excluding hydrogens is 254 g/mol. The van der Waals surface area contributed by atoms with Gasteiger partial charge in [-0.25, -0.2) is 0 Å². The standard InChI is InChI=1S/C16H27NO3/c1-4-10-19-15-7-5-6-8-16(15)20-11-9-14(12-18)17-13(2)3/h5-8,13-14,17-18H,4,9-12H2,1-3H3. The van der Waals surface area contributed by atoms with Gasteiger partial charge in [0, 0.05) is 12.1 Å². The predicted molar refractivity (Wildman–Crippen MR) is 81.5 cm³/mol. The lowest BCUT2D eigenvalue weighted by molar-refractivity contribution is 0.198. The van der Waals surface area contributed by atoms with Gasteiger partial charge in [-0.15, -0.1) is 0 Å². The Morgan fingerprint density at radius 3 is 2.20 bits per heavy atom. The Kier molecular flexibility index (Phi) is 8.07. The fourth-order valence-corrected chi connectivity index (χ4v) is 1.91. The fraction of sp³-hybridized carbons (Fsp3) is 0.625. The van der Waals surface area contributed by atoms with Crippen molar-refractivity contribution < 1.29 is 14.6 Å². The van der Waals surface area contributed by atoms with Gasteiger partial charge in [0.05, 0.1) is 19.8 Å². The summed E-state index contributed by atoms with van der Waals surface area (Å²) >= 11 is 0. The first kappa shape index (κ1) is 16.8. The highest BCUT2D eigenvalue weighted by molar-refractivity contribution is 5.39. The van der Waals surface area contributed by atoms with Crippen LogP contribution in [0, 0.1) is 0 Å². The summed E-state index contributed by atoms with van der Waals surface area (Å²) in [5, 5.41) is 12.6. The molecule has 20 heavy (non-hydrogen) atoms. The minimum atomic E-state index is 0.0683. The Morgan fingerprint density at radius 2 is 1.70 bits per heavy atom. The van der Waals surface area contributed by atoms with Crippen LogP contribution in [0.1, 0.15) is 33.6 Å². The first-order valence-electron chi connectivity index (χ1n) is 7.38. The number of rotatable bonds is 10. The van der Waals surface area contributed by atoms with E-state index < -0.39 is 0 Å². The Labute approximate surface area is 122 Å². The minimum Gasteiger partial charge on any atom is -0.490 e. The Bertz CT molecular complexity index is 368. The van der Waals surface area contributed by atoms with Crippen LogP contribution in [0.2, 0.25) is 0 Å². The molecule has 0 amide bonds. The summed E-state index contributed by atoms with van der Waals surface area (Å²) in [6, 6.07) is 8.13. The summed E-state index contributed by atoms with van der Waals surface area (Å²) in [5.41, 5.74) is 0. The molecule has 1 atom stereocenters. The van der Waals surface area contributed by atoms with E-state index in [1.165, 1.54) is 0 Å². The zero-order valence-electron chi connectivity index (χ0n) is 12.8. The van der Waals surface area contributed by atoms with Crippen LogP contribution in [-0.4, -0.2) is 37.0 Å². The highest BCUT2D eigenvalue weighted by atomic mass is 16.5. The normalized spacial score (nSPS) is 12.4. The summed E-state index contributed by atoms with van der Waals surface area (Å²) < 4.78 is 11.4. The third kappa shape index (κ3) is 6.26. The molecule has 0 bridgehead atoms. The van der Waals surface area contributed by atoms with Crippen molar-refractivity contribution in [3.8, 4) is 11.5 Å². The number of para-hydroxylation sites is 2. The predicted octanol–water partition coefficient (Wildman–Crippen LogP) is 2.60. The number of aliphatic hydroxyl groups is 1. The van der Waals surface area contributed by atoms with Crippen LogP contribution in [0.5, 0.6) is 11.5 Å². The van der Waals surface area contributed by atoms with Gasteiger partial charge in [0.1, 0.15) is 0 Å². The average molecular weight is 281 g/mol. The lowest BCUT2D eigenvalue weighted by Gasteiger charge is -2.19. The van der Waals surface area contributed by atoms with Gasteiger partial charge in [0.15, 0.2) is 11.5 Å². The third-order valence-corrected chi connectivity index (χ3v) is 2.82. The smallest absolute Gasteiger partial charge is 0.161 e. The molecule has 0 aromatic heterocycles. The molecule has 0 saturated carbocycles. The summed E-state index contributed by atoms with van der Waals surface area (Å²) in [6.07, 6.45) is 1.73. The highest BCUT2D eigenvalue weighted by Crippen LogP contribution is 2.26. The molecule has 0 saturated heterocycles. The van der Waals surface area contributed by atoms with Crippen LogP contribution < -0.4 is 14.8 Å². The fourth-order valence-electron chi connectivity index (χ4n) is 1.91. The zero-order valence-corrected chi connectivity index (χ0v) is 12.8. The zero-order chi connectivity index (χ0) is 14.8. The van der Waals surface area contributed by atoms with E-state index in [-0.39, 0.29) is 12.6 Å². The Morgan fingerprint density at radius 1 is 1.10 bits per heavy atom. The molecule has 1 aromatic carbocycles. The quantitative estimate of drug-likeness (QED) is 0.692. The number of nitrogens with one attached hydrogen (secondary N) is 1. The maximum atomic E-state index is 9.30. The van der Waals surface area contributed by atoms with E-state index in [4.69, 9.17) is 9.47 Å². The summed E-state index contributed by atoms with van der Waals surface area (Å²) in [5.74, 6) is 1.55. The molecule has 4 heteroatoms. The topological polar surface area (TPSA) is 50.7 Å². The second kappa shape index (κ2) is 9.61. The number of hydrogen-bond donors (Lipinski definition) is 2. The number of ether oxygens (including phenoxy) is 2. The molecule has 2 N–H and O–H groups in total. The molecule has 0 radical (unpaired) electrons. The maximum Gasteiger partial charge on any atom is 0.161 e. The first-order chi connectivity index (χ1) is 9.67. The van der Waals surface area contributed by atoms with Crippen molar-refractivity contribution in [2.45, 2.75) is 45.7 Å². The summed E-state index contributed by atoms with van der Waals surface area (Å²) in [6.45, 7) is 7.57. The lowest BCUT2D eigenvalue weighted by Crippen LogP contribution is -2.38. The monoisotopic (exact) mass is 281 g/mol. The van der Waals surface area contributed by atoms with E-state index in [1.807, 2.05) is 24.3 Å². The molecule has 0 heterocycles. The second-order valence-electron chi connectivity index (χ2n) is 5.13. The van der Waals surface area contributed by atoms with E-state index in [9.17, 15) is 5.11 Å². The lowest BCUT2D eigenvalue weighted by atomic mass is 10.2.